The van der Waals surface area contributed by atoms with Crippen molar-refractivity contribution in [2.45, 2.75) is 19.6 Å². The molecule has 1 N–H and O–H groups in total. The molecule has 1 atom stereocenters. The van der Waals surface area contributed by atoms with Crippen LogP contribution < -0.4 is 0 Å². The second-order valence-corrected chi connectivity index (χ2v) is 6.27. The highest BCUT2D eigenvalue weighted by atomic mass is 127. The maximum Gasteiger partial charge on any atom is 0.210 e. The Hall–Kier alpha value is -2.11. The van der Waals surface area contributed by atoms with Crippen LogP contribution in [0.3, 0.4) is 0 Å². The van der Waals surface area contributed by atoms with Gasteiger partial charge in [0.1, 0.15) is 17.6 Å². The van der Waals surface area contributed by atoms with E-state index in [1.807, 2.05) is 28.8 Å². The Bertz CT molecular complexity index is 854. The lowest BCUT2D eigenvalue weighted by Crippen LogP contribution is -2.07. The molecule has 0 aliphatic rings. The molecule has 0 radical (unpaired) electrons. The first-order chi connectivity index (χ1) is 11.1. The summed E-state index contributed by atoms with van der Waals surface area (Å²) in [6.45, 7) is 2.16. The Morgan fingerprint density at radius 2 is 2.09 bits per heavy atom. The van der Waals surface area contributed by atoms with Gasteiger partial charge < -0.3 is 14.2 Å². The average Bonchev–Trinajstić information content (AvgIpc) is 3.16. The van der Waals surface area contributed by atoms with Crippen molar-refractivity contribution < 1.29 is 9.63 Å². The minimum absolute atomic E-state index is 0.481. The molecule has 0 spiro atoms. The molecule has 0 unspecified atom stereocenters. The van der Waals surface area contributed by atoms with Crippen molar-refractivity contribution in [3.8, 4) is 11.8 Å². The lowest BCUT2D eigenvalue weighted by Gasteiger charge is -2.07. The zero-order valence-corrected chi connectivity index (χ0v) is 14.6. The Labute approximate surface area is 147 Å². The number of hydrogen-bond donors (Lipinski definition) is 1. The molecule has 2 heterocycles. The highest BCUT2D eigenvalue weighted by molar-refractivity contribution is 14.1. The summed E-state index contributed by atoms with van der Waals surface area (Å²) < 4.78 is 8.24. The molecule has 0 amide bonds. The second-order valence-electron chi connectivity index (χ2n) is 5.03. The van der Waals surface area contributed by atoms with Crippen molar-refractivity contribution in [1.82, 2.24) is 14.7 Å². The summed E-state index contributed by atoms with van der Waals surface area (Å²) in [5.74, 6) is 7.11. The number of imidazole rings is 1. The second kappa shape index (κ2) is 6.98. The SMILES string of the molecule is C[C@H](O)c1nccn1Cc1cc(C#Cc2ccc(I)cc2)on1. The van der Waals surface area contributed by atoms with E-state index >= 15 is 0 Å². The number of hydrogen-bond acceptors (Lipinski definition) is 4. The van der Waals surface area contributed by atoms with E-state index < -0.39 is 6.10 Å². The quantitative estimate of drug-likeness (QED) is 0.524. The van der Waals surface area contributed by atoms with Crippen LogP contribution in [0.5, 0.6) is 0 Å². The fourth-order valence-electron chi connectivity index (χ4n) is 2.11. The molecule has 1 aromatic carbocycles. The lowest BCUT2D eigenvalue weighted by molar-refractivity contribution is 0.184. The molecule has 23 heavy (non-hydrogen) atoms. The highest BCUT2D eigenvalue weighted by Gasteiger charge is 2.10. The van der Waals surface area contributed by atoms with Crippen LogP contribution in [0.25, 0.3) is 0 Å². The van der Waals surface area contributed by atoms with Gasteiger partial charge in [-0.15, -0.1) is 0 Å². The van der Waals surface area contributed by atoms with E-state index in [-0.39, 0.29) is 0 Å². The Balaban J connectivity index is 1.74. The van der Waals surface area contributed by atoms with Crippen molar-refractivity contribution in [2.75, 3.05) is 0 Å². The van der Waals surface area contributed by atoms with Crippen LogP contribution in [-0.2, 0) is 6.54 Å². The molecule has 116 valence electrons. The van der Waals surface area contributed by atoms with Gasteiger partial charge in [0, 0.05) is 27.6 Å². The minimum atomic E-state index is -0.628. The predicted molar refractivity (Wildman–Crippen MR) is 93.6 cm³/mol. The number of aromatic nitrogens is 3. The molecular formula is C17H14IN3O2. The largest absolute Gasteiger partial charge is 0.385 e. The zero-order valence-electron chi connectivity index (χ0n) is 12.4. The smallest absolute Gasteiger partial charge is 0.210 e. The topological polar surface area (TPSA) is 64.1 Å². The van der Waals surface area contributed by atoms with Crippen molar-refractivity contribution in [2.24, 2.45) is 0 Å². The maximum absolute atomic E-state index is 9.66. The number of rotatable bonds is 3. The first-order valence-electron chi connectivity index (χ1n) is 7.04. The first-order valence-corrected chi connectivity index (χ1v) is 8.12. The summed E-state index contributed by atoms with van der Waals surface area (Å²) in [5, 5.41) is 13.7. The monoisotopic (exact) mass is 419 g/mol. The van der Waals surface area contributed by atoms with E-state index in [1.54, 1.807) is 25.4 Å². The van der Waals surface area contributed by atoms with Gasteiger partial charge in [0.15, 0.2) is 0 Å². The minimum Gasteiger partial charge on any atom is -0.385 e. The molecule has 0 aliphatic heterocycles. The summed E-state index contributed by atoms with van der Waals surface area (Å²) in [6, 6.07) is 9.74. The summed E-state index contributed by atoms with van der Waals surface area (Å²) in [4.78, 5) is 4.13. The van der Waals surface area contributed by atoms with Crippen LogP contribution in [0.15, 0.2) is 47.2 Å². The predicted octanol–water partition coefficient (Wildman–Crippen LogP) is 2.98. The molecule has 2 aromatic heterocycles. The average molecular weight is 419 g/mol. The molecule has 3 aromatic rings. The van der Waals surface area contributed by atoms with Gasteiger partial charge in [0.05, 0.1) is 6.54 Å². The zero-order chi connectivity index (χ0) is 16.2. The van der Waals surface area contributed by atoms with E-state index in [2.05, 4.69) is 44.6 Å². The summed E-state index contributed by atoms with van der Waals surface area (Å²) in [5.41, 5.74) is 1.66. The number of nitrogens with zero attached hydrogens (tertiary/aromatic N) is 3. The van der Waals surface area contributed by atoms with E-state index in [0.717, 1.165) is 11.3 Å². The third-order valence-corrected chi connectivity index (χ3v) is 3.91. The van der Waals surface area contributed by atoms with Crippen LogP contribution in [0.1, 0.15) is 35.9 Å². The van der Waals surface area contributed by atoms with Gasteiger partial charge in [0.2, 0.25) is 5.76 Å². The molecule has 0 bridgehead atoms. The van der Waals surface area contributed by atoms with Crippen LogP contribution in [0, 0.1) is 15.4 Å². The lowest BCUT2D eigenvalue weighted by atomic mass is 10.2. The van der Waals surface area contributed by atoms with Crippen molar-refractivity contribution in [1.29, 1.82) is 0 Å². The van der Waals surface area contributed by atoms with Crippen molar-refractivity contribution in [3.05, 3.63) is 69.1 Å². The fourth-order valence-corrected chi connectivity index (χ4v) is 2.47. The molecule has 0 fully saturated rings. The van der Waals surface area contributed by atoms with Crippen LogP contribution in [0.2, 0.25) is 0 Å². The number of aliphatic hydroxyl groups excluding tert-OH is 1. The van der Waals surface area contributed by atoms with E-state index in [0.29, 0.717) is 18.1 Å². The molecule has 5 nitrogen and oxygen atoms in total. The van der Waals surface area contributed by atoms with Gasteiger partial charge in [-0.25, -0.2) is 4.98 Å². The van der Waals surface area contributed by atoms with Crippen molar-refractivity contribution >= 4 is 22.6 Å². The highest BCUT2D eigenvalue weighted by Crippen LogP contribution is 2.12. The van der Waals surface area contributed by atoms with Gasteiger partial charge in [0.25, 0.3) is 0 Å². The summed E-state index contributed by atoms with van der Waals surface area (Å²) in [7, 11) is 0. The number of aliphatic hydroxyl groups is 1. The standard InChI is InChI=1S/C17H14IN3O2/c1-12(22)17-19-8-9-21(17)11-15-10-16(23-20-15)7-4-13-2-5-14(18)6-3-13/h2-3,5-6,8-10,12,22H,11H2,1H3/t12-/m0/s1. The number of halogens is 1. The van der Waals surface area contributed by atoms with Crippen LogP contribution in [0.4, 0.5) is 0 Å². The van der Waals surface area contributed by atoms with Gasteiger partial charge in [-0.1, -0.05) is 11.1 Å². The van der Waals surface area contributed by atoms with Gasteiger partial charge >= 0.3 is 0 Å². The third kappa shape index (κ3) is 4.00. The van der Waals surface area contributed by atoms with Crippen LogP contribution >= 0.6 is 22.6 Å². The van der Waals surface area contributed by atoms with Gasteiger partial charge in [-0.3, -0.25) is 0 Å². The molecular weight excluding hydrogens is 405 g/mol. The fraction of sp³-hybridized carbons (Fsp3) is 0.176. The summed E-state index contributed by atoms with van der Waals surface area (Å²) >= 11 is 2.25. The van der Waals surface area contributed by atoms with Gasteiger partial charge in [-0.2, -0.15) is 0 Å². The van der Waals surface area contributed by atoms with Gasteiger partial charge in [-0.05, 0) is 59.7 Å². The molecule has 3 rings (SSSR count). The number of benzene rings is 1. The molecule has 0 aliphatic carbocycles. The maximum atomic E-state index is 9.66. The van der Waals surface area contributed by atoms with E-state index in [1.165, 1.54) is 3.57 Å². The Morgan fingerprint density at radius 3 is 2.83 bits per heavy atom. The Morgan fingerprint density at radius 1 is 1.30 bits per heavy atom. The molecule has 6 heteroatoms. The first kappa shape index (κ1) is 15.8. The Kier molecular flexibility index (Phi) is 4.79. The van der Waals surface area contributed by atoms with Crippen molar-refractivity contribution in [3.63, 3.8) is 0 Å². The third-order valence-electron chi connectivity index (χ3n) is 3.19. The normalized spacial score (nSPS) is 11.8. The van der Waals surface area contributed by atoms with Crippen LogP contribution in [-0.4, -0.2) is 19.8 Å². The molecule has 0 saturated carbocycles. The molecule has 0 saturated heterocycles. The van der Waals surface area contributed by atoms with E-state index in [9.17, 15) is 5.11 Å². The summed E-state index contributed by atoms with van der Waals surface area (Å²) in [6.07, 6.45) is 2.82. The van der Waals surface area contributed by atoms with E-state index in [4.69, 9.17) is 4.52 Å².